The highest BCUT2D eigenvalue weighted by Gasteiger charge is 2.22. The van der Waals surface area contributed by atoms with E-state index in [9.17, 15) is 9.59 Å². The molecular formula is C24H23N5O4S2. The van der Waals surface area contributed by atoms with E-state index in [-0.39, 0.29) is 24.4 Å². The van der Waals surface area contributed by atoms with E-state index in [1.165, 1.54) is 23.1 Å². The Morgan fingerprint density at radius 3 is 2.66 bits per heavy atom. The zero-order valence-corrected chi connectivity index (χ0v) is 20.4. The zero-order valence-electron chi connectivity index (χ0n) is 18.8. The van der Waals surface area contributed by atoms with Gasteiger partial charge in [0.25, 0.3) is 0 Å². The van der Waals surface area contributed by atoms with Gasteiger partial charge in [0, 0.05) is 37.9 Å². The quantitative estimate of drug-likeness (QED) is 0.383. The van der Waals surface area contributed by atoms with Crippen LogP contribution >= 0.6 is 23.1 Å². The molecule has 1 aromatic heterocycles. The summed E-state index contributed by atoms with van der Waals surface area (Å²) in [5.74, 6) is 1.57. The minimum Gasteiger partial charge on any atom is -0.454 e. The van der Waals surface area contributed by atoms with E-state index in [1.54, 1.807) is 12.2 Å². The minimum atomic E-state index is -0.0844. The van der Waals surface area contributed by atoms with Crippen LogP contribution in [0.15, 0.2) is 58.9 Å². The predicted molar refractivity (Wildman–Crippen MR) is 136 cm³/mol. The predicted octanol–water partition coefficient (Wildman–Crippen LogP) is 3.36. The number of carbonyl (C=O) groups is 2. The average Bonchev–Trinajstić information content (AvgIpc) is 3.56. The number of nitrogens with zero attached hydrogens (tertiary/aromatic N) is 4. The molecule has 2 aliphatic heterocycles. The molecule has 0 radical (unpaired) electrons. The van der Waals surface area contributed by atoms with Gasteiger partial charge in [-0.05, 0) is 35.9 Å². The van der Waals surface area contributed by atoms with Crippen LogP contribution < -0.4 is 19.7 Å². The number of carbonyl (C=O) groups excluding carboxylic acids is 2. The molecule has 0 unspecified atom stereocenters. The van der Waals surface area contributed by atoms with Gasteiger partial charge in [-0.2, -0.15) is 0 Å². The number of aromatic nitrogens is 2. The van der Waals surface area contributed by atoms with Crippen LogP contribution in [-0.2, 0) is 9.59 Å². The Morgan fingerprint density at radius 2 is 1.83 bits per heavy atom. The minimum absolute atomic E-state index is 0.0275. The fourth-order valence-corrected chi connectivity index (χ4v) is 5.33. The molecule has 1 fully saturated rings. The molecule has 2 amide bonds. The molecule has 1 N–H and O–H groups in total. The van der Waals surface area contributed by atoms with E-state index in [1.807, 2.05) is 53.4 Å². The molecule has 0 bridgehead atoms. The van der Waals surface area contributed by atoms with Crippen LogP contribution in [0.4, 0.5) is 10.8 Å². The highest BCUT2D eigenvalue weighted by Crippen LogP contribution is 2.33. The molecule has 1 saturated heterocycles. The number of anilines is 2. The largest absolute Gasteiger partial charge is 0.454 e. The van der Waals surface area contributed by atoms with Crippen molar-refractivity contribution >= 4 is 51.8 Å². The van der Waals surface area contributed by atoms with E-state index in [2.05, 4.69) is 20.4 Å². The van der Waals surface area contributed by atoms with Gasteiger partial charge < -0.3 is 24.6 Å². The average molecular weight is 510 g/mol. The van der Waals surface area contributed by atoms with Crippen LogP contribution in [0.2, 0.25) is 0 Å². The Labute approximate surface area is 210 Å². The molecule has 2 aliphatic rings. The zero-order chi connectivity index (χ0) is 24.0. The van der Waals surface area contributed by atoms with Crippen molar-refractivity contribution in [2.75, 3.05) is 48.9 Å². The van der Waals surface area contributed by atoms with Crippen molar-refractivity contribution in [3.05, 3.63) is 60.2 Å². The lowest BCUT2D eigenvalue weighted by Crippen LogP contribution is -2.48. The van der Waals surface area contributed by atoms with Crippen molar-refractivity contribution in [2.24, 2.45) is 0 Å². The van der Waals surface area contributed by atoms with Crippen molar-refractivity contribution in [2.45, 2.75) is 4.34 Å². The topological polar surface area (TPSA) is 96.9 Å². The second kappa shape index (κ2) is 10.8. The Hall–Kier alpha value is -3.57. The maximum Gasteiger partial charge on any atom is 0.246 e. The van der Waals surface area contributed by atoms with Crippen LogP contribution in [0, 0.1) is 0 Å². The van der Waals surface area contributed by atoms with Crippen molar-refractivity contribution in [3.63, 3.8) is 0 Å². The molecule has 3 heterocycles. The van der Waals surface area contributed by atoms with E-state index in [0.29, 0.717) is 31.9 Å². The van der Waals surface area contributed by atoms with Crippen LogP contribution in [0.3, 0.4) is 0 Å². The number of thioether (sulfide) groups is 1. The summed E-state index contributed by atoms with van der Waals surface area (Å²) in [4.78, 5) is 28.7. The van der Waals surface area contributed by atoms with Crippen LogP contribution in [-0.4, -0.2) is 65.6 Å². The lowest BCUT2D eigenvalue weighted by atomic mass is 10.2. The standard InChI is InChI=1S/C24H23N5O4S2/c30-21(25-18-4-2-1-3-5-18)15-34-24-27-26-23(35-24)29-12-10-28(11-13-29)22(31)9-7-17-6-8-19-20(14-17)33-16-32-19/h1-9,14H,10-13,15-16H2,(H,25,30)/b9-7+. The van der Waals surface area contributed by atoms with Gasteiger partial charge >= 0.3 is 0 Å². The van der Waals surface area contributed by atoms with E-state index in [0.717, 1.165) is 26.5 Å². The first-order valence-corrected chi connectivity index (χ1v) is 12.9. The lowest BCUT2D eigenvalue weighted by molar-refractivity contribution is -0.126. The van der Waals surface area contributed by atoms with E-state index >= 15 is 0 Å². The van der Waals surface area contributed by atoms with Crippen LogP contribution in [0.5, 0.6) is 11.5 Å². The summed E-state index contributed by atoms with van der Waals surface area (Å²) in [6, 6.07) is 15.0. The number of benzene rings is 2. The Morgan fingerprint density at radius 1 is 1.03 bits per heavy atom. The van der Waals surface area contributed by atoms with Gasteiger partial charge in [0.05, 0.1) is 5.75 Å². The number of ether oxygens (including phenoxy) is 2. The summed E-state index contributed by atoms with van der Waals surface area (Å²) in [5.41, 5.74) is 1.66. The highest BCUT2D eigenvalue weighted by molar-refractivity contribution is 8.01. The maximum atomic E-state index is 12.6. The van der Waals surface area contributed by atoms with Gasteiger partial charge in [-0.25, -0.2) is 0 Å². The lowest BCUT2D eigenvalue weighted by Gasteiger charge is -2.33. The fourth-order valence-electron chi connectivity index (χ4n) is 3.64. The first-order chi connectivity index (χ1) is 17.1. The van der Waals surface area contributed by atoms with Crippen LogP contribution in [0.25, 0.3) is 6.08 Å². The van der Waals surface area contributed by atoms with Gasteiger partial charge in [0.15, 0.2) is 15.8 Å². The molecule has 0 spiro atoms. The number of amides is 2. The van der Waals surface area contributed by atoms with Gasteiger partial charge in [-0.15, -0.1) is 10.2 Å². The molecular weight excluding hydrogens is 486 g/mol. The van der Waals surface area contributed by atoms with Gasteiger partial charge in [0.2, 0.25) is 23.7 Å². The Bertz CT molecular complexity index is 1230. The molecule has 35 heavy (non-hydrogen) atoms. The van der Waals surface area contributed by atoms with Crippen LogP contribution in [0.1, 0.15) is 5.56 Å². The second-order valence-corrected chi connectivity index (χ2v) is 9.99. The molecule has 180 valence electrons. The number of fused-ring (bicyclic) bond motifs is 1. The van der Waals surface area contributed by atoms with Crippen molar-refractivity contribution in [1.29, 1.82) is 0 Å². The monoisotopic (exact) mass is 509 g/mol. The number of nitrogens with one attached hydrogen (secondary N) is 1. The van der Waals surface area contributed by atoms with Gasteiger partial charge in [-0.1, -0.05) is 47.4 Å². The molecule has 5 rings (SSSR count). The maximum absolute atomic E-state index is 12.6. The SMILES string of the molecule is O=C(CSc1nnc(N2CCN(C(=O)/C=C/c3ccc4c(c3)OCO4)CC2)s1)Nc1ccccc1. The summed E-state index contributed by atoms with van der Waals surface area (Å²) in [7, 11) is 0. The Balaban J connectivity index is 1.08. The smallest absolute Gasteiger partial charge is 0.246 e. The summed E-state index contributed by atoms with van der Waals surface area (Å²) < 4.78 is 11.4. The summed E-state index contributed by atoms with van der Waals surface area (Å²) >= 11 is 2.83. The van der Waals surface area contributed by atoms with E-state index < -0.39 is 0 Å². The summed E-state index contributed by atoms with van der Waals surface area (Å²) in [5, 5.41) is 12.2. The number of piperazine rings is 1. The molecule has 0 atom stereocenters. The third kappa shape index (κ3) is 5.92. The molecule has 3 aromatic rings. The number of hydrogen-bond acceptors (Lipinski definition) is 9. The Kier molecular flexibility index (Phi) is 7.15. The molecule has 11 heteroatoms. The molecule has 9 nitrogen and oxygen atoms in total. The van der Waals surface area contributed by atoms with E-state index in [4.69, 9.17) is 9.47 Å². The van der Waals surface area contributed by atoms with Gasteiger partial charge in [0.1, 0.15) is 0 Å². The van der Waals surface area contributed by atoms with Crippen molar-refractivity contribution in [1.82, 2.24) is 15.1 Å². The molecule has 2 aromatic carbocycles. The third-order valence-electron chi connectivity index (χ3n) is 5.46. The highest BCUT2D eigenvalue weighted by atomic mass is 32.2. The second-order valence-electron chi connectivity index (χ2n) is 7.81. The first kappa shape index (κ1) is 23.2. The summed E-state index contributed by atoms with van der Waals surface area (Å²) in [6.45, 7) is 2.79. The van der Waals surface area contributed by atoms with Crippen molar-refractivity contribution < 1.29 is 19.1 Å². The first-order valence-electron chi connectivity index (χ1n) is 11.1. The molecule has 0 saturated carbocycles. The number of para-hydroxylation sites is 1. The van der Waals surface area contributed by atoms with Gasteiger partial charge in [-0.3, -0.25) is 9.59 Å². The normalized spacial score (nSPS) is 15.0. The number of hydrogen-bond donors (Lipinski definition) is 1. The number of rotatable bonds is 7. The molecule has 0 aliphatic carbocycles. The summed E-state index contributed by atoms with van der Waals surface area (Å²) in [6.07, 6.45) is 3.38. The fraction of sp³-hybridized carbons (Fsp3) is 0.250. The van der Waals surface area contributed by atoms with Crippen molar-refractivity contribution in [3.8, 4) is 11.5 Å². The third-order valence-corrected chi connectivity index (χ3v) is 7.57.